The third kappa shape index (κ3) is 4.73. The maximum atomic E-state index is 12.0. The molecule has 0 saturated carbocycles. The number of nitrogens with one attached hydrogen (secondary N) is 1. The normalized spacial score (nSPS) is 15.5. The van der Waals surface area contributed by atoms with Crippen molar-refractivity contribution in [2.45, 2.75) is 51.3 Å². The molecule has 0 fully saturated rings. The fourth-order valence-electron chi connectivity index (χ4n) is 1.92. The standard InChI is InChI=1S/C16H27NOS/c1-12(2)19(18)11-15(17-6)13-7-9-14(10-8-13)16(3,4)5/h7-10,12,15,17H,11H2,1-6H3. The molecular weight excluding hydrogens is 254 g/mol. The first-order valence-corrected chi connectivity index (χ1v) is 8.28. The fourth-order valence-corrected chi connectivity index (χ4v) is 2.99. The lowest BCUT2D eigenvalue weighted by atomic mass is 9.86. The van der Waals surface area contributed by atoms with Crippen LogP contribution in [0.1, 0.15) is 51.8 Å². The number of benzene rings is 1. The lowest BCUT2D eigenvalue weighted by Gasteiger charge is -2.22. The summed E-state index contributed by atoms with van der Waals surface area (Å²) >= 11 is 0. The van der Waals surface area contributed by atoms with E-state index in [9.17, 15) is 4.21 Å². The van der Waals surface area contributed by atoms with E-state index in [2.05, 4.69) is 50.4 Å². The molecule has 0 aromatic heterocycles. The summed E-state index contributed by atoms with van der Waals surface area (Å²) in [6.07, 6.45) is 0. The topological polar surface area (TPSA) is 29.1 Å². The number of hydrogen-bond acceptors (Lipinski definition) is 2. The summed E-state index contributed by atoms with van der Waals surface area (Å²) in [6.45, 7) is 10.7. The van der Waals surface area contributed by atoms with Gasteiger partial charge in [0.2, 0.25) is 0 Å². The molecule has 19 heavy (non-hydrogen) atoms. The van der Waals surface area contributed by atoms with Gasteiger partial charge in [-0.2, -0.15) is 0 Å². The molecule has 0 aliphatic rings. The Bertz CT molecular complexity index is 417. The summed E-state index contributed by atoms with van der Waals surface area (Å²) in [5.41, 5.74) is 2.72. The van der Waals surface area contributed by atoms with Crippen molar-refractivity contribution in [3.8, 4) is 0 Å². The average molecular weight is 281 g/mol. The van der Waals surface area contributed by atoms with Crippen LogP contribution < -0.4 is 5.32 Å². The van der Waals surface area contributed by atoms with Gasteiger partial charge < -0.3 is 5.32 Å². The van der Waals surface area contributed by atoms with Crippen LogP contribution in [0.4, 0.5) is 0 Å². The first-order valence-electron chi connectivity index (χ1n) is 6.90. The second kappa shape index (κ2) is 6.67. The molecule has 1 aromatic carbocycles. The summed E-state index contributed by atoms with van der Waals surface area (Å²) in [4.78, 5) is 0. The molecule has 1 aromatic rings. The summed E-state index contributed by atoms with van der Waals surface area (Å²) in [5.74, 6) is 0.670. The monoisotopic (exact) mass is 281 g/mol. The van der Waals surface area contributed by atoms with Crippen molar-refractivity contribution in [1.29, 1.82) is 0 Å². The Morgan fingerprint density at radius 3 is 2.05 bits per heavy atom. The van der Waals surface area contributed by atoms with Gasteiger partial charge in [0.1, 0.15) is 0 Å². The molecule has 0 heterocycles. The molecule has 1 rings (SSSR count). The molecular formula is C16H27NOS. The van der Waals surface area contributed by atoms with E-state index in [4.69, 9.17) is 0 Å². The largest absolute Gasteiger partial charge is 0.312 e. The highest BCUT2D eigenvalue weighted by Gasteiger charge is 2.17. The first-order chi connectivity index (χ1) is 8.75. The van der Waals surface area contributed by atoms with Gasteiger partial charge in [0.25, 0.3) is 0 Å². The van der Waals surface area contributed by atoms with Crippen LogP contribution in [-0.4, -0.2) is 22.3 Å². The van der Waals surface area contributed by atoms with Crippen LogP contribution in [0.15, 0.2) is 24.3 Å². The highest BCUT2D eigenvalue weighted by atomic mass is 32.2. The first kappa shape index (κ1) is 16.4. The van der Waals surface area contributed by atoms with Crippen molar-refractivity contribution < 1.29 is 4.21 Å². The molecule has 1 N–H and O–H groups in total. The third-order valence-electron chi connectivity index (χ3n) is 3.38. The zero-order valence-electron chi connectivity index (χ0n) is 13.0. The molecule has 0 aliphatic carbocycles. The minimum atomic E-state index is -0.787. The van der Waals surface area contributed by atoms with E-state index in [0.717, 1.165) is 0 Å². The Labute approximate surface area is 120 Å². The Morgan fingerprint density at radius 2 is 1.68 bits per heavy atom. The average Bonchev–Trinajstić information content (AvgIpc) is 2.34. The highest BCUT2D eigenvalue weighted by molar-refractivity contribution is 7.85. The van der Waals surface area contributed by atoms with Crippen LogP contribution in [0.3, 0.4) is 0 Å². The van der Waals surface area contributed by atoms with Gasteiger partial charge in [-0.15, -0.1) is 0 Å². The predicted octanol–water partition coefficient (Wildman–Crippen LogP) is 3.40. The smallest absolute Gasteiger partial charge is 0.0434 e. The second-order valence-electron chi connectivity index (χ2n) is 6.31. The van der Waals surface area contributed by atoms with E-state index in [-0.39, 0.29) is 16.7 Å². The van der Waals surface area contributed by atoms with Gasteiger partial charge in [-0.1, -0.05) is 58.9 Å². The van der Waals surface area contributed by atoms with E-state index >= 15 is 0 Å². The van der Waals surface area contributed by atoms with Crippen LogP contribution in [-0.2, 0) is 16.2 Å². The zero-order chi connectivity index (χ0) is 14.6. The van der Waals surface area contributed by atoms with Crippen molar-refractivity contribution in [1.82, 2.24) is 5.32 Å². The molecule has 0 amide bonds. The summed E-state index contributed by atoms with van der Waals surface area (Å²) in [7, 11) is 1.14. The van der Waals surface area contributed by atoms with Crippen molar-refractivity contribution >= 4 is 10.8 Å². The fraction of sp³-hybridized carbons (Fsp3) is 0.625. The SMILES string of the molecule is CNC(CS(=O)C(C)C)c1ccc(C(C)(C)C)cc1. The van der Waals surface area contributed by atoms with Crippen molar-refractivity contribution in [3.05, 3.63) is 35.4 Å². The van der Waals surface area contributed by atoms with Crippen LogP contribution >= 0.6 is 0 Å². The van der Waals surface area contributed by atoms with Crippen LogP contribution in [0.2, 0.25) is 0 Å². The van der Waals surface area contributed by atoms with Gasteiger partial charge in [0, 0.05) is 27.8 Å². The van der Waals surface area contributed by atoms with Crippen molar-refractivity contribution in [2.75, 3.05) is 12.8 Å². The van der Waals surface area contributed by atoms with E-state index < -0.39 is 10.8 Å². The number of hydrogen-bond donors (Lipinski definition) is 1. The minimum Gasteiger partial charge on any atom is -0.312 e. The van der Waals surface area contributed by atoms with E-state index in [0.29, 0.717) is 5.75 Å². The van der Waals surface area contributed by atoms with Crippen LogP contribution in [0.5, 0.6) is 0 Å². The second-order valence-corrected chi connectivity index (χ2v) is 8.35. The summed E-state index contributed by atoms with van der Waals surface area (Å²) in [5, 5.41) is 3.48. The van der Waals surface area contributed by atoms with Gasteiger partial charge in [0.15, 0.2) is 0 Å². The number of rotatable bonds is 5. The predicted molar refractivity (Wildman–Crippen MR) is 85.1 cm³/mol. The van der Waals surface area contributed by atoms with E-state index in [1.165, 1.54) is 11.1 Å². The Kier molecular flexibility index (Phi) is 5.75. The minimum absolute atomic E-state index is 0.164. The molecule has 0 saturated heterocycles. The van der Waals surface area contributed by atoms with Crippen molar-refractivity contribution in [2.24, 2.45) is 0 Å². The Morgan fingerprint density at radius 1 is 1.16 bits per heavy atom. The van der Waals surface area contributed by atoms with Gasteiger partial charge in [0.05, 0.1) is 0 Å². The lowest BCUT2D eigenvalue weighted by Crippen LogP contribution is -2.25. The molecule has 0 aliphatic heterocycles. The van der Waals surface area contributed by atoms with Crippen molar-refractivity contribution in [3.63, 3.8) is 0 Å². The maximum absolute atomic E-state index is 12.0. The van der Waals surface area contributed by atoms with Gasteiger partial charge in [-0.05, 0) is 23.6 Å². The molecule has 0 spiro atoms. The summed E-state index contributed by atoms with van der Waals surface area (Å²) in [6, 6.07) is 8.83. The molecule has 3 heteroatoms. The summed E-state index contributed by atoms with van der Waals surface area (Å²) < 4.78 is 12.0. The Hall–Kier alpha value is -0.670. The quantitative estimate of drug-likeness (QED) is 0.896. The Balaban J connectivity index is 2.85. The van der Waals surface area contributed by atoms with Gasteiger partial charge in [-0.3, -0.25) is 4.21 Å². The molecule has 108 valence electrons. The van der Waals surface area contributed by atoms with E-state index in [1.807, 2.05) is 20.9 Å². The van der Waals surface area contributed by atoms with Crippen LogP contribution in [0, 0.1) is 0 Å². The van der Waals surface area contributed by atoms with Gasteiger partial charge in [-0.25, -0.2) is 0 Å². The van der Waals surface area contributed by atoms with E-state index in [1.54, 1.807) is 0 Å². The highest BCUT2D eigenvalue weighted by Crippen LogP contribution is 2.24. The molecule has 2 atom stereocenters. The molecule has 2 unspecified atom stereocenters. The van der Waals surface area contributed by atoms with Gasteiger partial charge >= 0.3 is 0 Å². The maximum Gasteiger partial charge on any atom is 0.0434 e. The van der Waals surface area contributed by atoms with Crippen LogP contribution in [0.25, 0.3) is 0 Å². The molecule has 2 nitrogen and oxygen atoms in total. The lowest BCUT2D eigenvalue weighted by molar-refractivity contribution is 0.588. The molecule has 0 bridgehead atoms. The zero-order valence-corrected chi connectivity index (χ0v) is 13.8. The third-order valence-corrected chi connectivity index (χ3v) is 5.10. The molecule has 0 radical (unpaired) electrons.